The first-order chi connectivity index (χ1) is 15.8. The maximum Gasteiger partial charge on any atom is 0.321 e. The van der Waals surface area contributed by atoms with Gasteiger partial charge in [0.25, 0.3) is 0 Å². The summed E-state index contributed by atoms with van der Waals surface area (Å²) >= 11 is 0. The van der Waals surface area contributed by atoms with E-state index in [-0.39, 0.29) is 18.7 Å². The van der Waals surface area contributed by atoms with Crippen LogP contribution in [0.1, 0.15) is 17.5 Å². The van der Waals surface area contributed by atoms with Crippen molar-refractivity contribution in [2.24, 2.45) is 0 Å². The van der Waals surface area contributed by atoms with Crippen molar-refractivity contribution in [1.82, 2.24) is 14.7 Å². The highest BCUT2D eigenvalue weighted by atomic mass is 19.1. The molecule has 2 amide bonds. The van der Waals surface area contributed by atoms with Crippen molar-refractivity contribution >= 4 is 11.6 Å². The van der Waals surface area contributed by atoms with Crippen molar-refractivity contribution in [3.05, 3.63) is 77.4 Å². The lowest BCUT2D eigenvalue weighted by atomic mass is 9.89. The molecule has 2 aromatic rings. The van der Waals surface area contributed by atoms with Gasteiger partial charge >= 0.3 is 6.03 Å². The number of aliphatic hydroxyl groups is 1. The molecule has 2 aliphatic heterocycles. The number of amides is 2. The largest absolute Gasteiger partial charge is 0.393 e. The van der Waals surface area contributed by atoms with Crippen LogP contribution < -0.4 is 0 Å². The van der Waals surface area contributed by atoms with Crippen LogP contribution >= 0.6 is 0 Å². The Morgan fingerprint density at radius 1 is 1.21 bits per heavy atom. The normalized spacial score (nSPS) is 25.8. The minimum Gasteiger partial charge on any atom is -0.393 e. The van der Waals surface area contributed by atoms with Gasteiger partial charge in [-0.15, -0.1) is 0 Å². The van der Waals surface area contributed by atoms with Crippen LogP contribution in [0.25, 0.3) is 5.57 Å². The van der Waals surface area contributed by atoms with E-state index in [2.05, 4.69) is 0 Å². The topological polar surface area (TPSA) is 47.0 Å². The molecule has 2 heterocycles. The zero-order valence-electron chi connectivity index (χ0n) is 18.7. The molecule has 176 valence electrons. The number of rotatable bonds is 4. The van der Waals surface area contributed by atoms with Gasteiger partial charge in [-0.05, 0) is 48.9 Å². The standard InChI is InChI=1S/C25H28F3N3O2/c1-29-11-10-23(22(28)15-29)30(2)24(33)31-14-17(20-12-19(26)8-9-21(20)27)13-25(31,16-32)18-6-4-3-5-7-18/h3-9,12-13,22-23,32H,10-11,14-16H2,1-2H3/t22-,23?,25+/m0/s1. The molecule has 3 atom stereocenters. The van der Waals surface area contributed by atoms with E-state index < -0.39 is 42.0 Å². The fraction of sp³-hybridized carbons (Fsp3) is 0.400. The molecule has 8 heteroatoms. The Morgan fingerprint density at radius 3 is 2.61 bits per heavy atom. The second-order valence-corrected chi connectivity index (χ2v) is 8.86. The van der Waals surface area contributed by atoms with E-state index >= 15 is 0 Å². The SMILES string of the molecule is CN1CCC(N(C)C(=O)N2CC(c3cc(F)ccc3F)=C[C@@]2(CO)c2ccccc2)[C@@H](F)C1. The molecule has 1 unspecified atom stereocenters. The van der Waals surface area contributed by atoms with Crippen LogP contribution in [-0.4, -0.2) is 78.4 Å². The van der Waals surface area contributed by atoms with Gasteiger partial charge < -0.3 is 19.8 Å². The highest BCUT2D eigenvalue weighted by Crippen LogP contribution is 2.41. The summed E-state index contributed by atoms with van der Waals surface area (Å²) in [6, 6.07) is 11.0. The number of alkyl halides is 1. The molecule has 0 aromatic heterocycles. The third-order valence-corrected chi connectivity index (χ3v) is 6.75. The molecule has 0 bridgehead atoms. The number of carbonyl (C=O) groups excluding carboxylic acids is 1. The van der Waals surface area contributed by atoms with Gasteiger partial charge in [-0.1, -0.05) is 30.3 Å². The van der Waals surface area contributed by atoms with Crippen LogP contribution in [0, 0.1) is 11.6 Å². The van der Waals surface area contributed by atoms with Crippen molar-refractivity contribution < 1.29 is 23.1 Å². The average molecular weight is 460 g/mol. The van der Waals surface area contributed by atoms with Crippen molar-refractivity contribution in [2.75, 3.05) is 40.3 Å². The lowest BCUT2D eigenvalue weighted by Gasteiger charge is -2.43. The first-order valence-electron chi connectivity index (χ1n) is 11.0. The van der Waals surface area contributed by atoms with Gasteiger partial charge in [0.2, 0.25) is 0 Å². The molecule has 2 aliphatic rings. The molecule has 0 radical (unpaired) electrons. The number of nitrogens with zero attached hydrogens (tertiary/aromatic N) is 3. The van der Waals surface area contributed by atoms with E-state index in [0.717, 1.165) is 18.2 Å². The summed E-state index contributed by atoms with van der Waals surface area (Å²) in [5.41, 5.74) is -0.254. The third kappa shape index (κ3) is 4.25. The number of aliphatic hydroxyl groups excluding tert-OH is 1. The number of halogens is 3. The van der Waals surface area contributed by atoms with Crippen LogP contribution in [0.2, 0.25) is 0 Å². The zero-order chi connectivity index (χ0) is 23.8. The van der Waals surface area contributed by atoms with Gasteiger partial charge in [0.1, 0.15) is 23.3 Å². The summed E-state index contributed by atoms with van der Waals surface area (Å²) in [6.07, 6.45) is 0.881. The number of likely N-dealkylation sites (tertiary alicyclic amines) is 1. The number of benzene rings is 2. The molecule has 33 heavy (non-hydrogen) atoms. The predicted octanol–water partition coefficient (Wildman–Crippen LogP) is 3.65. The Morgan fingerprint density at radius 2 is 1.94 bits per heavy atom. The van der Waals surface area contributed by atoms with E-state index in [9.17, 15) is 23.1 Å². The van der Waals surface area contributed by atoms with Crippen LogP contribution in [0.3, 0.4) is 0 Å². The Bertz CT molecular complexity index is 1050. The molecular weight excluding hydrogens is 431 g/mol. The van der Waals surface area contributed by atoms with Crippen molar-refractivity contribution in [3.8, 4) is 0 Å². The van der Waals surface area contributed by atoms with Crippen molar-refractivity contribution in [1.29, 1.82) is 0 Å². The summed E-state index contributed by atoms with van der Waals surface area (Å²) in [7, 11) is 3.39. The number of urea groups is 1. The van der Waals surface area contributed by atoms with Gasteiger partial charge in [0.15, 0.2) is 0 Å². The quantitative estimate of drug-likeness (QED) is 0.760. The van der Waals surface area contributed by atoms with Gasteiger partial charge in [0.05, 0.1) is 12.6 Å². The molecule has 0 saturated carbocycles. The molecule has 1 fully saturated rings. The fourth-order valence-electron chi connectivity index (χ4n) is 4.87. The van der Waals surface area contributed by atoms with E-state index in [4.69, 9.17) is 0 Å². The van der Waals surface area contributed by atoms with Gasteiger partial charge in [0, 0.05) is 32.2 Å². The highest BCUT2D eigenvalue weighted by Gasteiger charge is 2.47. The second kappa shape index (κ2) is 9.19. The Balaban J connectivity index is 1.75. The molecule has 2 aromatic carbocycles. The first kappa shape index (κ1) is 23.3. The zero-order valence-corrected chi connectivity index (χ0v) is 18.7. The maximum absolute atomic E-state index is 14.8. The molecule has 5 nitrogen and oxygen atoms in total. The first-order valence-corrected chi connectivity index (χ1v) is 11.0. The number of hydrogen-bond acceptors (Lipinski definition) is 3. The predicted molar refractivity (Wildman–Crippen MR) is 120 cm³/mol. The van der Waals surface area contributed by atoms with Crippen LogP contribution in [0.5, 0.6) is 0 Å². The monoisotopic (exact) mass is 459 g/mol. The molecular formula is C25H28F3N3O2. The van der Waals surface area contributed by atoms with E-state index in [0.29, 0.717) is 24.1 Å². The summed E-state index contributed by atoms with van der Waals surface area (Å²) in [5, 5.41) is 10.6. The molecule has 4 rings (SSSR count). The van der Waals surface area contributed by atoms with E-state index in [1.807, 2.05) is 18.0 Å². The molecule has 0 aliphatic carbocycles. The summed E-state index contributed by atoms with van der Waals surface area (Å²) in [4.78, 5) is 18.4. The Kier molecular flexibility index (Phi) is 6.50. The minimum atomic E-state index is -1.29. The third-order valence-electron chi connectivity index (χ3n) is 6.75. The lowest BCUT2D eigenvalue weighted by Crippen LogP contribution is -2.58. The summed E-state index contributed by atoms with van der Waals surface area (Å²) < 4.78 is 43.4. The van der Waals surface area contributed by atoms with Gasteiger partial charge in [-0.2, -0.15) is 0 Å². The Hall–Kier alpha value is -2.84. The number of hydrogen-bond donors (Lipinski definition) is 1. The van der Waals surface area contributed by atoms with E-state index in [1.165, 1.54) is 9.80 Å². The maximum atomic E-state index is 14.8. The van der Waals surface area contributed by atoms with Crippen molar-refractivity contribution in [2.45, 2.75) is 24.2 Å². The summed E-state index contributed by atoms with van der Waals surface area (Å²) in [5.74, 6) is -1.22. The fourth-order valence-corrected chi connectivity index (χ4v) is 4.87. The molecule has 1 N–H and O–H groups in total. The Labute approximate surface area is 191 Å². The van der Waals surface area contributed by atoms with Crippen LogP contribution in [0.4, 0.5) is 18.0 Å². The average Bonchev–Trinajstić information content (AvgIpc) is 3.21. The lowest BCUT2D eigenvalue weighted by molar-refractivity contribution is 0.0417. The van der Waals surface area contributed by atoms with E-state index in [1.54, 1.807) is 37.4 Å². The summed E-state index contributed by atoms with van der Waals surface area (Å²) in [6.45, 7) is 0.362. The molecule has 1 saturated heterocycles. The number of carbonyl (C=O) groups is 1. The minimum absolute atomic E-state index is 0.0318. The van der Waals surface area contributed by atoms with Crippen LogP contribution in [-0.2, 0) is 5.54 Å². The number of piperidine rings is 1. The van der Waals surface area contributed by atoms with Gasteiger partial charge in [-0.3, -0.25) is 0 Å². The molecule has 0 spiro atoms. The van der Waals surface area contributed by atoms with Crippen molar-refractivity contribution in [3.63, 3.8) is 0 Å². The highest BCUT2D eigenvalue weighted by molar-refractivity contribution is 5.83. The smallest absolute Gasteiger partial charge is 0.321 e. The second-order valence-electron chi connectivity index (χ2n) is 8.86. The van der Waals surface area contributed by atoms with Gasteiger partial charge in [-0.25, -0.2) is 18.0 Å². The van der Waals surface area contributed by atoms with Crippen LogP contribution in [0.15, 0.2) is 54.6 Å².